The van der Waals surface area contributed by atoms with Gasteiger partial charge in [-0.3, -0.25) is 4.79 Å². The van der Waals surface area contributed by atoms with Crippen LogP contribution in [0.3, 0.4) is 0 Å². The van der Waals surface area contributed by atoms with Crippen molar-refractivity contribution >= 4 is 5.91 Å². The highest BCUT2D eigenvalue weighted by molar-refractivity contribution is 5.76. The van der Waals surface area contributed by atoms with Gasteiger partial charge in [0.15, 0.2) is 0 Å². The van der Waals surface area contributed by atoms with E-state index in [4.69, 9.17) is 10.5 Å². The quantitative estimate of drug-likeness (QED) is 0.794. The topological polar surface area (TPSA) is 77.2 Å². The van der Waals surface area contributed by atoms with Gasteiger partial charge in [-0.05, 0) is 12.5 Å². The number of hydrogen-bond acceptors (Lipinski definition) is 4. The van der Waals surface area contributed by atoms with Gasteiger partial charge in [0.1, 0.15) is 0 Å². The smallest absolute Gasteiger partial charge is 0.220 e. The van der Waals surface area contributed by atoms with Crippen LogP contribution in [-0.2, 0) is 11.3 Å². The van der Waals surface area contributed by atoms with E-state index >= 15 is 0 Å². The molecule has 0 saturated carbocycles. The van der Waals surface area contributed by atoms with Crippen LogP contribution in [0.25, 0.3) is 0 Å². The Balaban J connectivity index is 1.90. The lowest BCUT2D eigenvalue weighted by molar-refractivity contribution is -0.123. The number of carbonyl (C=O) groups is 1. The highest BCUT2D eigenvalue weighted by atomic mass is 16.5. The Kier molecular flexibility index (Phi) is 3.93. The Morgan fingerprint density at radius 2 is 2.47 bits per heavy atom. The fourth-order valence-corrected chi connectivity index (χ4v) is 1.90. The monoisotopic (exact) mass is 235 g/mol. The van der Waals surface area contributed by atoms with Crippen molar-refractivity contribution in [3.8, 4) is 5.88 Å². The zero-order valence-electron chi connectivity index (χ0n) is 9.69. The number of nitrogens with two attached hydrogens (primary N) is 1. The van der Waals surface area contributed by atoms with Gasteiger partial charge >= 0.3 is 0 Å². The SMILES string of the molecule is NCc1cccnc1OCC1CCNC(=O)C1. The Bertz CT molecular complexity index is 395. The molecule has 1 fully saturated rings. The second-order valence-electron chi connectivity index (χ2n) is 4.19. The third kappa shape index (κ3) is 3.17. The summed E-state index contributed by atoms with van der Waals surface area (Å²) in [6.45, 7) is 1.67. The Morgan fingerprint density at radius 3 is 3.24 bits per heavy atom. The fraction of sp³-hybridized carbons (Fsp3) is 0.500. The molecule has 1 unspecified atom stereocenters. The van der Waals surface area contributed by atoms with E-state index in [1.54, 1.807) is 6.20 Å². The average Bonchev–Trinajstić information content (AvgIpc) is 2.37. The van der Waals surface area contributed by atoms with E-state index in [9.17, 15) is 4.79 Å². The number of hydrogen-bond donors (Lipinski definition) is 2. The standard InChI is InChI=1S/C12H17N3O2/c13-7-10-2-1-4-15-12(10)17-8-9-3-5-14-11(16)6-9/h1-2,4,9H,3,5-8,13H2,(H,14,16). The van der Waals surface area contributed by atoms with Gasteiger partial charge in [0, 0.05) is 37.2 Å². The lowest BCUT2D eigenvalue weighted by Gasteiger charge is -2.22. The van der Waals surface area contributed by atoms with Crippen LogP contribution in [0, 0.1) is 5.92 Å². The summed E-state index contributed by atoms with van der Waals surface area (Å²) >= 11 is 0. The van der Waals surface area contributed by atoms with Crippen LogP contribution in [0.5, 0.6) is 5.88 Å². The van der Waals surface area contributed by atoms with Gasteiger partial charge in [0.05, 0.1) is 6.61 Å². The molecule has 3 N–H and O–H groups in total. The van der Waals surface area contributed by atoms with Gasteiger partial charge in [-0.2, -0.15) is 0 Å². The maximum Gasteiger partial charge on any atom is 0.220 e. The zero-order chi connectivity index (χ0) is 12.1. The number of carbonyl (C=O) groups excluding carboxylic acids is 1. The van der Waals surface area contributed by atoms with Crippen molar-refractivity contribution in [2.24, 2.45) is 11.7 Å². The van der Waals surface area contributed by atoms with Gasteiger partial charge in [0.25, 0.3) is 0 Å². The molecule has 1 saturated heterocycles. The molecule has 1 aromatic heterocycles. The molecule has 5 nitrogen and oxygen atoms in total. The minimum atomic E-state index is 0.102. The number of ether oxygens (including phenoxy) is 1. The van der Waals surface area contributed by atoms with Crippen molar-refractivity contribution in [1.29, 1.82) is 0 Å². The molecule has 17 heavy (non-hydrogen) atoms. The van der Waals surface area contributed by atoms with Crippen LogP contribution >= 0.6 is 0 Å². The summed E-state index contributed by atoms with van der Waals surface area (Å²) in [4.78, 5) is 15.4. The van der Waals surface area contributed by atoms with Crippen molar-refractivity contribution in [3.05, 3.63) is 23.9 Å². The van der Waals surface area contributed by atoms with Gasteiger partial charge in [-0.1, -0.05) is 6.07 Å². The first-order valence-corrected chi connectivity index (χ1v) is 5.83. The first kappa shape index (κ1) is 11.9. The normalized spacial score (nSPS) is 19.8. The molecule has 1 aliphatic rings. The van der Waals surface area contributed by atoms with Crippen LogP contribution in [0.4, 0.5) is 0 Å². The van der Waals surface area contributed by atoms with Crippen LogP contribution in [0.1, 0.15) is 18.4 Å². The van der Waals surface area contributed by atoms with E-state index in [1.165, 1.54) is 0 Å². The predicted molar refractivity (Wildman–Crippen MR) is 63.4 cm³/mol. The van der Waals surface area contributed by atoms with Crippen molar-refractivity contribution < 1.29 is 9.53 Å². The van der Waals surface area contributed by atoms with Crippen molar-refractivity contribution in [1.82, 2.24) is 10.3 Å². The molecule has 2 rings (SSSR count). The van der Waals surface area contributed by atoms with Crippen molar-refractivity contribution in [3.63, 3.8) is 0 Å². The molecule has 0 spiro atoms. The molecule has 0 radical (unpaired) electrons. The number of rotatable bonds is 4. The summed E-state index contributed by atoms with van der Waals surface area (Å²) in [7, 11) is 0. The average molecular weight is 235 g/mol. The molecule has 1 atom stereocenters. The summed E-state index contributed by atoms with van der Waals surface area (Å²) in [5.41, 5.74) is 6.49. The molecule has 0 aromatic carbocycles. The number of amides is 1. The maximum absolute atomic E-state index is 11.2. The minimum Gasteiger partial charge on any atom is -0.477 e. The minimum absolute atomic E-state index is 0.102. The Morgan fingerprint density at radius 1 is 1.59 bits per heavy atom. The van der Waals surface area contributed by atoms with Crippen LogP contribution in [0.15, 0.2) is 18.3 Å². The second kappa shape index (κ2) is 5.63. The number of pyridine rings is 1. The van der Waals surface area contributed by atoms with E-state index < -0.39 is 0 Å². The van der Waals surface area contributed by atoms with Gasteiger partial charge in [0.2, 0.25) is 11.8 Å². The van der Waals surface area contributed by atoms with Crippen LogP contribution in [0.2, 0.25) is 0 Å². The molecule has 0 bridgehead atoms. The molecular formula is C12H17N3O2. The van der Waals surface area contributed by atoms with Gasteiger partial charge in [-0.15, -0.1) is 0 Å². The van der Waals surface area contributed by atoms with E-state index in [2.05, 4.69) is 10.3 Å². The number of piperidine rings is 1. The number of nitrogens with zero attached hydrogens (tertiary/aromatic N) is 1. The summed E-state index contributed by atoms with van der Waals surface area (Å²) in [6.07, 6.45) is 3.17. The van der Waals surface area contributed by atoms with E-state index in [-0.39, 0.29) is 11.8 Å². The Hall–Kier alpha value is -1.62. The van der Waals surface area contributed by atoms with Crippen molar-refractivity contribution in [2.45, 2.75) is 19.4 Å². The molecule has 5 heteroatoms. The maximum atomic E-state index is 11.2. The fourth-order valence-electron chi connectivity index (χ4n) is 1.90. The van der Waals surface area contributed by atoms with Gasteiger partial charge in [-0.25, -0.2) is 4.98 Å². The molecular weight excluding hydrogens is 218 g/mol. The van der Waals surface area contributed by atoms with Crippen LogP contribution in [-0.4, -0.2) is 24.0 Å². The third-order valence-electron chi connectivity index (χ3n) is 2.87. The molecule has 1 amide bonds. The van der Waals surface area contributed by atoms with E-state index in [0.29, 0.717) is 25.5 Å². The second-order valence-corrected chi connectivity index (χ2v) is 4.19. The zero-order valence-corrected chi connectivity index (χ0v) is 9.69. The molecule has 2 heterocycles. The molecule has 92 valence electrons. The first-order valence-electron chi connectivity index (χ1n) is 5.83. The lowest BCUT2D eigenvalue weighted by Crippen LogP contribution is -2.35. The summed E-state index contributed by atoms with van der Waals surface area (Å²) in [5.74, 6) is 0.960. The van der Waals surface area contributed by atoms with E-state index in [0.717, 1.165) is 18.5 Å². The summed E-state index contributed by atoms with van der Waals surface area (Å²) < 4.78 is 5.64. The van der Waals surface area contributed by atoms with E-state index in [1.807, 2.05) is 12.1 Å². The first-order chi connectivity index (χ1) is 8.29. The summed E-state index contributed by atoms with van der Waals surface area (Å²) in [6, 6.07) is 3.74. The lowest BCUT2D eigenvalue weighted by atomic mass is 9.99. The molecule has 1 aromatic rings. The predicted octanol–water partition coefficient (Wildman–Crippen LogP) is 0.445. The number of aromatic nitrogens is 1. The van der Waals surface area contributed by atoms with Gasteiger partial charge < -0.3 is 15.8 Å². The van der Waals surface area contributed by atoms with Crippen LogP contribution < -0.4 is 15.8 Å². The highest BCUT2D eigenvalue weighted by Crippen LogP contribution is 2.17. The largest absolute Gasteiger partial charge is 0.477 e. The third-order valence-corrected chi connectivity index (χ3v) is 2.87. The highest BCUT2D eigenvalue weighted by Gasteiger charge is 2.19. The van der Waals surface area contributed by atoms with Crippen molar-refractivity contribution in [2.75, 3.05) is 13.2 Å². The Labute approximate surface area is 100 Å². The molecule has 1 aliphatic heterocycles. The molecule has 0 aliphatic carbocycles. The number of nitrogens with one attached hydrogen (secondary N) is 1. The summed E-state index contributed by atoms with van der Waals surface area (Å²) in [5, 5.41) is 2.80.